The molecule has 0 fully saturated rings. The summed E-state index contributed by atoms with van der Waals surface area (Å²) in [4.78, 5) is 24.3. The molecule has 6 nitrogen and oxygen atoms in total. The van der Waals surface area contributed by atoms with Gasteiger partial charge in [-0.15, -0.1) is 0 Å². The molecule has 0 spiro atoms. The van der Waals surface area contributed by atoms with Gasteiger partial charge in [-0.2, -0.15) is 5.10 Å². The third-order valence-corrected chi connectivity index (χ3v) is 4.37. The average molecular weight is 401 g/mol. The average Bonchev–Trinajstić information content (AvgIpc) is 2.77. The summed E-state index contributed by atoms with van der Waals surface area (Å²) in [5.41, 5.74) is 6.06. The van der Waals surface area contributed by atoms with Crippen molar-refractivity contribution in [2.24, 2.45) is 5.10 Å². The zero-order valence-corrected chi connectivity index (χ0v) is 16.9. The van der Waals surface area contributed by atoms with Crippen LogP contribution in [-0.2, 0) is 4.79 Å². The van der Waals surface area contributed by atoms with Gasteiger partial charge in [0.15, 0.2) is 6.61 Å². The standard InChI is InChI=1S/C24H23N3O3/c1-17-9-6-7-14-22(17)30-16-23(28)27-26-18(2)20-12-8-13-21(15-20)25-24(29)19-10-4-3-5-11-19/h3-15H,16H2,1-2H3,(H,25,29)(H,27,28)/b26-18+. The minimum Gasteiger partial charge on any atom is -0.483 e. The highest BCUT2D eigenvalue weighted by Crippen LogP contribution is 2.16. The third-order valence-electron chi connectivity index (χ3n) is 4.37. The van der Waals surface area contributed by atoms with Gasteiger partial charge >= 0.3 is 0 Å². The Bertz CT molecular complexity index is 1060. The topological polar surface area (TPSA) is 79.8 Å². The van der Waals surface area contributed by atoms with E-state index in [0.29, 0.717) is 22.7 Å². The van der Waals surface area contributed by atoms with E-state index in [1.165, 1.54) is 0 Å². The first kappa shape index (κ1) is 20.8. The molecule has 2 N–H and O–H groups in total. The quantitative estimate of drug-likeness (QED) is 0.461. The molecular formula is C24H23N3O3. The number of rotatable bonds is 7. The molecule has 0 saturated heterocycles. The Hall–Kier alpha value is -3.93. The maximum Gasteiger partial charge on any atom is 0.277 e. The lowest BCUT2D eigenvalue weighted by atomic mass is 10.1. The van der Waals surface area contributed by atoms with Crippen LogP contribution in [0.5, 0.6) is 5.75 Å². The van der Waals surface area contributed by atoms with E-state index < -0.39 is 0 Å². The molecule has 0 unspecified atom stereocenters. The summed E-state index contributed by atoms with van der Waals surface area (Å²) >= 11 is 0. The number of hydrogen-bond donors (Lipinski definition) is 2. The van der Waals surface area contributed by atoms with Crippen LogP contribution in [0.4, 0.5) is 5.69 Å². The highest BCUT2D eigenvalue weighted by Gasteiger charge is 2.07. The van der Waals surface area contributed by atoms with Gasteiger partial charge in [0, 0.05) is 11.3 Å². The number of hydrogen-bond acceptors (Lipinski definition) is 4. The molecule has 6 heteroatoms. The SMILES string of the molecule is C/C(=N\NC(=O)COc1ccccc1C)c1cccc(NC(=O)c2ccccc2)c1. The Morgan fingerprint density at radius 3 is 2.37 bits per heavy atom. The van der Waals surface area contributed by atoms with Crippen molar-refractivity contribution in [2.45, 2.75) is 13.8 Å². The summed E-state index contributed by atoms with van der Waals surface area (Å²) < 4.78 is 5.51. The number of para-hydroxylation sites is 1. The normalized spacial score (nSPS) is 10.9. The molecule has 0 radical (unpaired) electrons. The largest absolute Gasteiger partial charge is 0.483 e. The van der Waals surface area contributed by atoms with Crippen LogP contribution in [0.25, 0.3) is 0 Å². The molecular weight excluding hydrogens is 378 g/mol. The van der Waals surface area contributed by atoms with Crippen LogP contribution in [0.2, 0.25) is 0 Å². The minimum absolute atomic E-state index is 0.130. The lowest BCUT2D eigenvalue weighted by molar-refractivity contribution is -0.123. The van der Waals surface area contributed by atoms with Crippen LogP contribution >= 0.6 is 0 Å². The number of ether oxygens (including phenoxy) is 1. The number of nitrogens with one attached hydrogen (secondary N) is 2. The number of nitrogens with zero attached hydrogens (tertiary/aromatic N) is 1. The number of hydrazone groups is 1. The Kier molecular flexibility index (Phi) is 6.95. The summed E-state index contributed by atoms with van der Waals surface area (Å²) in [6.07, 6.45) is 0. The Morgan fingerprint density at radius 1 is 0.900 bits per heavy atom. The predicted molar refractivity (Wildman–Crippen MR) is 118 cm³/mol. The number of carbonyl (C=O) groups excluding carboxylic acids is 2. The van der Waals surface area contributed by atoms with E-state index in [1.54, 1.807) is 31.2 Å². The Balaban J connectivity index is 1.58. The van der Waals surface area contributed by atoms with Gasteiger partial charge in [0.25, 0.3) is 11.8 Å². The van der Waals surface area contributed by atoms with Crippen molar-refractivity contribution in [3.63, 3.8) is 0 Å². The van der Waals surface area contributed by atoms with E-state index in [1.807, 2.05) is 61.5 Å². The first-order valence-electron chi connectivity index (χ1n) is 9.51. The zero-order chi connectivity index (χ0) is 21.3. The van der Waals surface area contributed by atoms with Crippen molar-refractivity contribution in [2.75, 3.05) is 11.9 Å². The van der Waals surface area contributed by atoms with Crippen molar-refractivity contribution in [1.82, 2.24) is 5.43 Å². The van der Waals surface area contributed by atoms with Crippen molar-refractivity contribution in [1.29, 1.82) is 0 Å². The molecule has 0 bridgehead atoms. The molecule has 3 aromatic carbocycles. The molecule has 0 aliphatic carbocycles. The maximum atomic E-state index is 12.3. The minimum atomic E-state index is -0.355. The van der Waals surface area contributed by atoms with Crippen LogP contribution in [0, 0.1) is 6.92 Å². The van der Waals surface area contributed by atoms with Crippen LogP contribution in [0.1, 0.15) is 28.4 Å². The van der Waals surface area contributed by atoms with Gasteiger partial charge in [-0.1, -0.05) is 48.5 Å². The summed E-state index contributed by atoms with van der Waals surface area (Å²) in [5, 5.41) is 6.99. The van der Waals surface area contributed by atoms with Gasteiger partial charge < -0.3 is 10.1 Å². The first-order chi connectivity index (χ1) is 14.5. The second-order valence-electron chi connectivity index (χ2n) is 6.69. The van der Waals surface area contributed by atoms with Gasteiger partial charge in [0.05, 0.1) is 5.71 Å². The molecule has 30 heavy (non-hydrogen) atoms. The van der Waals surface area contributed by atoms with Crippen molar-refractivity contribution >= 4 is 23.2 Å². The fourth-order valence-electron chi connectivity index (χ4n) is 2.72. The number of anilines is 1. The highest BCUT2D eigenvalue weighted by atomic mass is 16.5. The molecule has 0 aromatic heterocycles. The van der Waals surface area contributed by atoms with Gasteiger partial charge in [-0.3, -0.25) is 9.59 Å². The fourth-order valence-corrected chi connectivity index (χ4v) is 2.72. The maximum absolute atomic E-state index is 12.3. The summed E-state index contributed by atoms with van der Waals surface area (Å²) in [7, 11) is 0. The molecule has 2 amide bonds. The number of amides is 2. The predicted octanol–water partition coefficient (Wildman–Crippen LogP) is 4.17. The van der Waals surface area contributed by atoms with Gasteiger partial charge in [-0.25, -0.2) is 5.43 Å². The molecule has 0 heterocycles. The smallest absolute Gasteiger partial charge is 0.277 e. The Labute approximate surface area is 175 Å². The second kappa shape index (κ2) is 10.0. The van der Waals surface area contributed by atoms with Crippen molar-refractivity contribution < 1.29 is 14.3 Å². The summed E-state index contributed by atoms with van der Waals surface area (Å²) in [5.74, 6) is 0.116. The van der Waals surface area contributed by atoms with E-state index in [-0.39, 0.29) is 18.4 Å². The number of aryl methyl sites for hydroxylation is 1. The lowest BCUT2D eigenvalue weighted by Crippen LogP contribution is -2.25. The zero-order valence-electron chi connectivity index (χ0n) is 16.9. The van der Waals surface area contributed by atoms with Gasteiger partial charge in [0.1, 0.15) is 5.75 Å². The fraction of sp³-hybridized carbons (Fsp3) is 0.125. The molecule has 0 atom stereocenters. The molecule has 0 aliphatic heterocycles. The number of benzene rings is 3. The molecule has 3 rings (SSSR count). The van der Waals surface area contributed by atoms with E-state index in [0.717, 1.165) is 11.1 Å². The van der Waals surface area contributed by atoms with Crippen LogP contribution in [-0.4, -0.2) is 24.1 Å². The van der Waals surface area contributed by atoms with Crippen molar-refractivity contribution in [3.8, 4) is 5.75 Å². The Morgan fingerprint density at radius 2 is 1.60 bits per heavy atom. The van der Waals surface area contributed by atoms with Gasteiger partial charge in [-0.05, 0) is 55.3 Å². The van der Waals surface area contributed by atoms with E-state index in [4.69, 9.17) is 4.74 Å². The first-order valence-corrected chi connectivity index (χ1v) is 9.51. The highest BCUT2D eigenvalue weighted by molar-refractivity contribution is 6.05. The third kappa shape index (κ3) is 5.78. The van der Waals surface area contributed by atoms with Crippen LogP contribution in [0.15, 0.2) is 84.0 Å². The van der Waals surface area contributed by atoms with E-state index in [9.17, 15) is 9.59 Å². The van der Waals surface area contributed by atoms with E-state index in [2.05, 4.69) is 15.8 Å². The van der Waals surface area contributed by atoms with Gasteiger partial charge in [0.2, 0.25) is 0 Å². The number of carbonyl (C=O) groups is 2. The van der Waals surface area contributed by atoms with Crippen LogP contribution < -0.4 is 15.5 Å². The summed E-state index contributed by atoms with van der Waals surface area (Å²) in [6, 6.07) is 23.7. The summed E-state index contributed by atoms with van der Waals surface area (Å²) in [6.45, 7) is 3.56. The van der Waals surface area contributed by atoms with Crippen LogP contribution in [0.3, 0.4) is 0 Å². The van der Waals surface area contributed by atoms with E-state index >= 15 is 0 Å². The molecule has 0 aliphatic rings. The lowest BCUT2D eigenvalue weighted by Gasteiger charge is -2.09. The monoisotopic (exact) mass is 401 g/mol. The second-order valence-corrected chi connectivity index (χ2v) is 6.69. The van der Waals surface area contributed by atoms with Crippen molar-refractivity contribution in [3.05, 3.63) is 95.6 Å². The molecule has 3 aromatic rings. The molecule has 0 saturated carbocycles. The molecule has 152 valence electrons.